The van der Waals surface area contributed by atoms with E-state index in [4.69, 9.17) is 0 Å². The maximum Gasteiger partial charge on any atom is 0.148 e. The molecule has 1 N–H and O–H groups in total. The van der Waals surface area contributed by atoms with Crippen LogP contribution in [0.2, 0.25) is 0 Å². The Morgan fingerprint density at radius 1 is 1.33 bits per heavy atom. The molecule has 4 nitrogen and oxygen atoms in total. The molecule has 0 saturated carbocycles. The van der Waals surface area contributed by atoms with Gasteiger partial charge in [0, 0.05) is 17.3 Å². The van der Waals surface area contributed by atoms with Gasteiger partial charge in [-0.2, -0.15) is 0 Å². The number of anilines is 1. The molecule has 5 heteroatoms. The van der Waals surface area contributed by atoms with Crippen molar-refractivity contribution < 1.29 is 0 Å². The molecule has 78 valence electrons. The van der Waals surface area contributed by atoms with Crippen molar-refractivity contribution >= 4 is 17.2 Å². The highest BCUT2D eigenvalue weighted by atomic mass is 32.1. The lowest BCUT2D eigenvalue weighted by molar-refractivity contribution is 1.03. The van der Waals surface area contributed by atoms with E-state index in [1.54, 1.807) is 17.5 Å². The van der Waals surface area contributed by atoms with Crippen LogP contribution in [-0.4, -0.2) is 15.0 Å². The smallest absolute Gasteiger partial charge is 0.148 e. The van der Waals surface area contributed by atoms with Crippen LogP contribution < -0.4 is 5.32 Å². The SMILES string of the molecule is Cc1cnc(C)c(NCc2cncs2)n1. The maximum atomic E-state index is 4.38. The molecule has 0 bridgehead atoms. The van der Waals surface area contributed by atoms with Gasteiger partial charge in [-0.1, -0.05) is 0 Å². The van der Waals surface area contributed by atoms with Crippen molar-refractivity contribution in [2.75, 3.05) is 5.32 Å². The lowest BCUT2D eigenvalue weighted by Crippen LogP contribution is -2.04. The second-order valence-corrected chi connectivity index (χ2v) is 4.24. The standard InChI is InChI=1S/C10H12N4S/c1-7-3-12-8(2)10(14-7)13-5-9-4-11-6-15-9/h3-4,6H,5H2,1-2H3,(H,13,14). The average Bonchev–Trinajstić information content (AvgIpc) is 2.72. The first-order valence-corrected chi connectivity index (χ1v) is 5.55. The molecule has 2 aromatic heterocycles. The Morgan fingerprint density at radius 2 is 2.20 bits per heavy atom. The molecule has 0 spiro atoms. The zero-order valence-corrected chi connectivity index (χ0v) is 9.51. The molecule has 0 unspecified atom stereocenters. The Kier molecular flexibility index (Phi) is 2.91. The number of rotatable bonds is 3. The Bertz CT molecular complexity index is 439. The van der Waals surface area contributed by atoms with E-state index in [-0.39, 0.29) is 0 Å². The first-order valence-electron chi connectivity index (χ1n) is 4.67. The normalized spacial score (nSPS) is 10.3. The summed E-state index contributed by atoms with van der Waals surface area (Å²) in [4.78, 5) is 13.8. The molecule has 0 fully saturated rings. The summed E-state index contributed by atoms with van der Waals surface area (Å²) in [6, 6.07) is 0. The van der Waals surface area contributed by atoms with Crippen LogP contribution in [0.15, 0.2) is 17.9 Å². The monoisotopic (exact) mass is 220 g/mol. The fourth-order valence-corrected chi connectivity index (χ4v) is 1.74. The van der Waals surface area contributed by atoms with Crippen LogP contribution in [0.25, 0.3) is 0 Å². The van der Waals surface area contributed by atoms with Gasteiger partial charge in [0.1, 0.15) is 5.82 Å². The quantitative estimate of drug-likeness (QED) is 0.861. The Balaban J connectivity index is 2.07. The third kappa shape index (κ3) is 2.50. The highest BCUT2D eigenvalue weighted by Gasteiger charge is 2.01. The molecule has 0 atom stereocenters. The molecule has 2 heterocycles. The van der Waals surface area contributed by atoms with Crippen molar-refractivity contribution in [1.29, 1.82) is 0 Å². The summed E-state index contributed by atoms with van der Waals surface area (Å²) < 4.78 is 0. The molecule has 0 amide bonds. The van der Waals surface area contributed by atoms with Crippen LogP contribution in [0, 0.1) is 13.8 Å². The summed E-state index contributed by atoms with van der Waals surface area (Å²) in [5.41, 5.74) is 3.67. The minimum absolute atomic E-state index is 0.754. The van der Waals surface area contributed by atoms with Crippen LogP contribution in [-0.2, 0) is 6.54 Å². The average molecular weight is 220 g/mol. The van der Waals surface area contributed by atoms with E-state index in [0.29, 0.717) is 0 Å². The van der Waals surface area contributed by atoms with Gasteiger partial charge in [-0.25, -0.2) is 4.98 Å². The molecule has 0 aliphatic carbocycles. The fourth-order valence-electron chi connectivity index (χ4n) is 1.21. The van der Waals surface area contributed by atoms with Crippen LogP contribution >= 0.6 is 11.3 Å². The van der Waals surface area contributed by atoms with E-state index < -0.39 is 0 Å². The molecule has 2 rings (SSSR count). The van der Waals surface area contributed by atoms with Crippen molar-refractivity contribution in [2.45, 2.75) is 20.4 Å². The number of aromatic nitrogens is 3. The van der Waals surface area contributed by atoms with E-state index in [0.717, 1.165) is 23.8 Å². The molecule has 0 aliphatic rings. The summed E-state index contributed by atoms with van der Waals surface area (Å²) in [7, 11) is 0. The summed E-state index contributed by atoms with van der Waals surface area (Å²) in [5, 5.41) is 3.25. The highest BCUT2D eigenvalue weighted by molar-refractivity contribution is 7.09. The first-order chi connectivity index (χ1) is 7.25. The van der Waals surface area contributed by atoms with Crippen LogP contribution in [0.1, 0.15) is 16.3 Å². The van der Waals surface area contributed by atoms with Gasteiger partial charge >= 0.3 is 0 Å². The van der Waals surface area contributed by atoms with E-state index in [1.165, 1.54) is 4.88 Å². The second-order valence-electron chi connectivity index (χ2n) is 3.27. The van der Waals surface area contributed by atoms with Gasteiger partial charge < -0.3 is 5.32 Å². The Morgan fingerprint density at radius 3 is 2.93 bits per heavy atom. The molecular formula is C10H12N4S. The molecule has 0 aromatic carbocycles. The zero-order chi connectivity index (χ0) is 10.7. The molecule has 0 radical (unpaired) electrons. The van der Waals surface area contributed by atoms with Crippen LogP contribution in [0.5, 0.6) is 0 Å². The van der Waals surface area contributed by atoms with Crippen molar-refractivity contribution in [3.05, 3.63) is 34.2 Å². The molecule has 15 heavy (non-hydrogen) atoms. The number of thiazole rings is 1. The molecular weight excluding hydrogens is 208 g/mol. The summed E-state index contributed by atoms with van der Waals surface area (Å²) >= 11 is 1.63. The zero-order valence-electron chi connectivity index (χ0n) is 8.69. The third-order valence-corrected chi connectivity index (χ3v) is 2.77. The predicted molar refractivity (Wildman–Crippen MR) is 60.9 cm³/mol. The number of nitrogens with zero attached hydrogens (tertiary/aromatic N) is 3. The van der Waals surface area contributed by atoms with E-state index >= 15 is 0 Å². The fraction of sp³-hybridized carbons (Fsp3) is 0.300. The molecule has 2 aromatic rings. The van der Waals surface area contributed by atoms with Crippen molar-refractivity contribution in [3.63, 3.8) is 0 Å². The van der Waals surface area contributed by atoms with Gasteiger partial charge in [0.15, 0.2) is 0 Å². The van der Waals surface area contributed by atoms with Crippen LogP contribution in [0.3, 0.4) is 0 Å². The van der Waals surface area contributed by atoms with Gasteiger partial charge in [0.2, 0.25) is 0 Å². The number of nitrogens with one attached hydrogen (secondary N) is 1. The second kappa shape index (κ2) is 4.35. The maximum absolute atomic E-state index is 4.38. The topological polar surface area (TPSA) is 50.7 Å². The Hall–Kier alpha value is -1.49. The van der Waals surface area contributed by atoms with Crippen molar-refractivity contribution in [3.8, 4) is 0 Å². The Labute approximate surface area is 92.4 Å². The summed E-state index contributed by atoms with van der Waals surface area (Å²) in [5.74, 6) is 0.850. The van der Waals surface area contributed by atoms with Crippen molar-refractivity contribution in [2.24, 2.45) is 0 Å². The summed E-state index contributed by atoms with van der Waals surface area (Å²) in [6.07, 6.45) is 3.63. The third-order valence-electron chi connectivity index (χ3n) is 1.99. The first kappa shape index (κ1) is 10.0. The molecule has 0 aliphatic heterocycles. The van der Waals surface area contributed by atoms with E-state index in [9.17, 15) is 0 Å². The van der Waals surface area contributed by atoms with Crippen LogP contribution in [0.4, 0.5) is 5.82 Å². The summed E-state index contributed by atoms with van der Waals surface area (Å²) in [6.45, 7) is 4.63. The van der Waals surface area contributed by atoms with Gasteiger partial charge in [0.25, 0.3) is 0 Å². The number of hydrogen-bond acceptors (Lipinski definition) is 5. The lowest BCUT2D eigenvalue weighted by atomic mass is 10.4. The molecule has 0 saturated heterocycles. The largest absolute Gasteiger partial charge is 0.364 e. The minimum atomic E-state index is 0.754. The minimum Gasteiger partial charge on any atom is -0.364 e. The van der Waals surface area contributed by atoms with Gasteiger partial charge in [-0.15, -0.1) is 11.3 Å². The van der Waals surface area contributed by atoms with Crippen molar-refractivity contribution in [1.82, 2.24) is 15.0 Å². The van der Waals surface area contributed by atoms with E-state index in [1.807, 2.05) is 25.6 Å². The van der Waals surface area contributed by atoms with Gasteiger partial charge in [0.05, 0.1) is 23.4 Å². The lowest BCUT2D eigenvalue weighted by Gasteiger charge is -2.06. The number of aryl methyl sites for hydroxylation is 2. The van der Waals surface area contributed by atoms with Gasteiger partial charge in [-0.3, -0.25) is 9.97 Å². The highest BCUT2D eigenvalue weighted by Crippen LogP contribution is 2.12. The number of hydrogen-bond donors (Lipinski definition) is 1. The predicted octanol–water partition coefficient (Wildman–Crippen LogP) is 2.16. The van der Waals surface area contributed by atoms with E-state index in [2.05, 4.69) is 20.3 Å². The van der Waals surface area contributed by atoms with Gasteiger partial charge in [-0.05, 0) is 13.8 Å².